The maximum absolute atomic E-state index is 12.1. The van der Waals surface area contributed by atoms with Crippen molar-refractivity contribution in [2.24, 2.45) is 11.7 Å². The van der Waals surface area contributed by atoms with Crippen molar-refractivity contribution in [3.63, 3.8) is 0 Å². The van der Waals surface area contributed by atoms with Crippen LogP contribution in [0.1, 0.15) is 33.1 Å². The van der Waals surface area contributed by atoms with Crippen molar-refractivity contribution in [2.45, 2.75) is 33.1 Å². The van der Waals surface area contributed by atoms with E-state index in [2.05, 4.69) is 4.90 Å². The molecule has 0 aromatic heterocycles. The van der Waals surface area contributed by atoms with Crippen LogP contribution in [0.15, 0.2) is 0 Å². The standard InChI is InChI=1S/C13H29N3O2S/c1-13(2)12-19(17,18)16-10-8-15(9-11-16)7-5-3-4-6-14/h13H,3-12,14H2,1-2H3. The third kappa shape index (κ3) is 6.21. The van der Waals surface area contributed by atoms with E-state index in [0.29, 0.717) is 13.1 Å². The first-order valence-corrected chi connectivity index (χ1v) is 8.97. The molecule has 0 amide bonds. The molecular formula is C13H29N3O2S. The number of sulfonamides is 1. The summed E-state index contributed by atoms with van der Waals surface area (Å²) in [5.41, 5.74) is 5.47. The molecule has 1 fully saturated rings. The summed E-state index contributed by atoms with van der Waals surface area (Å²) in [5.74, 6) is 0.461. The molecule has 114 valence electrons. The number of rotatable bonds is 8. The zero-order valence-electron chi connectivity index (χ0n) is 12.3. The topological polar surface area (TPSA) is 66.6 Å². The van der Waals surface area contributed by atoms with Crippen LogP contribution in [0, 0.1) is 5.92 Å². The summed E-state index contributed by atoms with van der Waals surface area (Å²) in [4.78, 5) is 2.36. The van der Waals surface area contributed by atoms with Gasteiger partial charge in [0.15, 0.2) is 0 Å². The maximum atomic E-state index is 12.1. The Bertz CT molecular complexity index is 336. The maximum Gasteiger partial charge on any atom is 0.214 e. The fraction of sp³-hybridized carbons (Fsp3) is 1.00. The van der Waals surface area contributed by atoms with Gasteiger partial charge in [-0.25, -0.2) is 8.42 Å². The monoisotopic (exact) mass is 291 g/mol. The molecule has 1 aliphatic rings. The number of piperazine rings is 1. The molecule has 5 nitrogen and oxygen atoms in total. The number of hydrogen-bond acceptors (Lipinski definition) is 4. The lowest BCUT2D eigenvalue weighted by molar-refractivity contribution is 0.185. The van der Waals surface area contributed by atoms with E-state index < -0.39 is 10.0 Å². The van der Waals surface area contributed by atoms with Gasteiger partial charge in [-0.15, -0.1) is 0 Å². The summed E-state index contributed by atoms with van der Waals surface area (Å²) in [5, 5.41) is 0. The van der Waals surface area contributed by atoms with Crippen LogP contribution in [-0.4, -0.2) is 62.6 Å². The highest BCUT2D eigenvalue weighted by Crippen LogP contribution is 2.11. The Balaban J connectivity index is 2.28. The number of nitrogens with zero attached hydrogens (tertiary/aromatic N) is 2. The fourth-order valence-corrected chi connectivity index (χ4v) is 4.19. The zero-order chi connectivity index (χ0) is 14.3. The normalized spacial score (nSPS) is 19.2. The molecule has 0 aromatic carbocycles. The van der Waals surface area contributed by atoms with Crippen LogP contribution in [-0.2, 0) is 10.0 Å². The highest BCUT2D eigenvalue weighted by atomic mass is 32.2. The SMILES string of the molecule is CC(C)CS(=O)(=O)N1CCN(CCCCCN)CC1. The smallest absolute Gasteiger partial charge is 0.214 e. The third-order valence-electron chi connectivity index (χ3n) is 3.45. The van der Waals surface area contributed by atoms with E-state index in [1.165, 1.54) is 6.42 Å². The van der Waals surface area contributed by atoms with E-state index in [-0.39, 0.29) is 11.7 Å². The lowest BCUT2D eigenvalue weighted by atomic mass is 10.2. The van der Waals surface area contributed by atoms with Crippen LogP contribution >= 0.6 is 0 Å². The minimum Gasteiger partial charge on any atom is -0.330 e. The third-order valence-corrected chi connectivity index (χ3v) is 5.69. The Morgan fingerprint density at radius 2 is 1.68 bits per heavy atom. The van der Waals surface area contributed by atoms with Gasteiger partial charge < -0.3 is 10.6 Å². The van der Waals surface area contributed by atoms with E-state index >= 15 is 0 Å². The van der Waals surface area contributed by atoms with Gasteiger partial charge in [0.25, 0.3) is 0 Å². The van der Waals surface area contributed by atoms with Gasteiger partial charge in [0.2, 0.25) is 10.0 Å². The summed E-state index contributed by atoms with van der Waals surface area (Å²) in [6, 6.07) is 0. The molecule has 2 N–H and O–H groups in total. The molecular weight excluding hydrogens is 262 g/mol. The van der Waals surface area contributed by atoms with Gasteiger partial charge in [0, 0.05) is 26.2 Å². The molecule has 1 rings (SSSR count). The Morgan fingerprint density at radius 1 is 1.05 bits per heavy atom. The van der Waals surface area contributed by atoms with Crippen molar-refractivity contribution < 1.29 is 8.42 Å². The quantitative estimate of drug-likeness (QED) is 0.669. The van der Waals surface area contributed by atoms with E-state index in [4.69, 9.17) is 5.73 Å². The van der Waals surface area contributed by atoms with Crippen molar-refractivity contribution in [3.8, 4) is 0 Å². The Kier molecular flexibility index (Phi) is 7.28. The minimum atomic E-state index is -3.04. The molecule has 1 aliphatic heterocycles. The van der Waals surface area contributed by atoms with E-state index in [1.807, 2.05) is 13.8 Å². The van der Waals surface area contributed by atoms with Crippen molar-refractivity contribution in [1.82, 2.24) is 9.21 Å². The minimum absolute atomic E-state index is 0.194. The molecule has 1 saturated heterocycles. The predicted molar refractivity (Wildman–Crippen MR) is 79.5 cm³/mol. The zero-order valence-corrected chi connectivity index (χ0v) is 13.2. The Labute approximate surface area is 118 Å². The van der Waals surface area contributed by atoms with Crippen LogP contribution < -0.4 is 5.73 Å². The lowest BCUT2D eigenvalue weighted by Crippen LogP contribution is -2.49. The fourth-order valence-electron chi connectivity index (χ4n) is 2.41. The molecule has 19 heavy (non-hydrogen) atoms. The molecule has 1 heterocycles. The largest absolute Gasteiger partial charge is 0.330 e. The lowest BCUT2D eigenvalue weighted by Gasteiger charge is -2.34. The van der Waals surface area contributed by atoms with Gasteiger partial charge in [0.1, 0.15) is 0 Å². The van der Waals surface area contributed by atoms with Gasteiger partial charge >= 0.3 is 0 Å². The molecule has 0 atom stereocenters. The van der Waals surface area contributed by atoms with Gasteiger partial charge in [-0.1, -0.05) is 20.3 Å². The Hall–Kier alpha value is -0.170. The van der Waals surface area contributed by atoms with Crippen molar-refractivity contribution in [3.05, 3.63) is 0 Å². The average Bonchev–Trinajstić information content (AvgIpc) is 2.34. The van der Waals surface area contributed by atoms with E-state index in [0.717, 1.165) is 39.0 Å². The Morgan fingerprint density at radius 3 is 2.21 bits per heavy atom. The summed E-state index contributed by atoms with van der Waals surface area (Å²) in [7, 11) is -3.04. The molecule has 0 saturated carbocycles. The van der Waals surface area contributed by atoms with E-state index in [9.17, 15) is 8.42 Å². The van der Waals surface area contributed by atoms with Crippen LogP contribution in [0.25, 0.3) is 0 Å². The first-order valence-electron chi connectivity index (χ1n) is 7.36. The molecule has 0 bridgehead atoms. The van der Waals surface area contributed by atoms with Crippen LogP contribution in [0.2, 0.25) is 0 Å². The first-order chi connectivity index (χ1) is 8.95. The first kappa shape index (κ1) is 16.9. The second-order valence-electron chi connectivity index (χ2n) is 5.76. The average molecular weight is 291 g/mol. The molecule has 0 unspecified atom stereocenters. The van der Waals surface area contributed by atoms with Crippen LogP contribution in [0.5, 0.6) is 0 Å². The summed E-state index contributed by atoms with van der Waals surface area (Å²) in [6.45, 7) is 8.74. The highest BCUT2D eigenvalue weighted by molar-refractivity contribution is 7.89. The predicted octanol–water partition coefficient (Wildman–Crippen LogP) is 0.719. The van der Waals surface area contributed by atoms with Crippen LogP contribution in [0.3, 0.4) is 0 Å². The van der Waals surface area contributed by atoms with Gasteiger partial charge in [-0.2, -0.15) is 4.31 Å². The van der Waals surface area contributed by atoms with Gasteiger partial charge in [0.05, 0.1) is 5.75 Å². The molecule has 0 aliphatic carbocycles. The van der Waals surface area contributed by atoms with Crippen molar-refractivity contribution in [1.29, 1.82) is 0 Å². The molecule has 0 spiro atoms. The van der Waals surface area contributed by atoms with Crippen LogP contribution in [0.4, 0.5) is 0 Å². The molecule has 6 heteroatoms. The number of nitrogens with two attached hydrogens (primary N) is 1. The summed E-state index contributed by atoms with van der Waals surface area (Å²) in [6.07, 6.45) is 3.42. The van der Waals surface area contributed by atoms with Gasteiger partial charge in [-0.05, 0) is 31.8 Å². The van der Waals surface area contributed by atoms with Crippen molar-refractivity contribution in [2.75, 3.05) is 45.0 Å². The second-order valence-corrected chi connectivity index (χ2v) is 7.78. The second kappa shape index (κ2) is 8.19. The number of hydrogen-bond donors (Lipinski definition) is 1. The number of unbranched alkanes of at least 4 members (excludes halogenated alkanes) is 2. The highest BCUT2D eigenvalue weighted by Gasteiger charge is 2.27. The summed E-state index contributed by atoms with van der Waals surface area (Å²) < 4.78 is 25.8. The van der Waals surface area contributed by atoms with Crippen molar-refractivity contribution >= 4 is 10.0 Å². The van der Waals surface area contributed by atoms with Gasteiger partial charge in [-0.3, -0.25) is 0 Å². The summed E-state index contributed by atoms with van der Waals surface area (Å²) >= 11 is 0. The molecule has 0 aromatic rings. The molecule has 0 radical (unpaired) electrons. The van der Waals surface area contributed by atoms with E-state index in [1.54, 1.807) is 4.31 Å².